The van der Waals surface area contributed by atoms with Crippen LogP contribution in [-0.4, -0.2) is 34.1 Å². The number of rotatable bonds is 6. The van der Waals surface area contributed by atoms with Crippen molar-refractivity contribution in [1.29, 1.82) is 0 Å². The second-order valence-electron chi connectivity index (χ2n) is 6.48. The summed E-state index contributed by atoms with van der Waals surface area (Å²) in [7, 11) is 0. The zero-order valence-corrected chi connectivity index (χ0v) is 14.7. The van der Waals surface area contributed by atoms with Gasteiger partial charge in [-0.25, -0.2) is 9.18 Å². The summed E-state index contributed by atoms with van der Waals surface area (Å²) in [5.74, 6) is -0.119. The Balaban J connectivity index is 2.09. The van der Waals surface area contributed by atoms with Crippen LogP contribution in [0.15, 0.2) is 42.6 Å². The van der Waals surface area contributed by atoms with E-state index in [1.165, 1.54) is 24.3 Å². The fourth-order valence-electron chi connectivity index (χ4n) is 2.51. The molecule has 2 rings (SSSR count). The predicted molar refractivity (Wildman–Crippen MR) is 95.8 cm³/mol. The molecule has 0 saturated carbocycles. The molecule has 0 fully saturated rings. The summed E-state index contributed by atoms with van der Waals surface area (Å²) in [4.78, 5) is 18.3. The number of nitrogens with zero attached hydrogens (tertiary/aromatic N) is 2. The number of amides is 2. The van der Waals surface area contributed by atoms with Crippen molar-refractivity contribution in [1.82, 2.24) is 9.88 Å². The van der Waals surface area contributed by atoms with E-state index in [1.54, 1.807) is 23.2 Å². The molecule has 2 amide bonds. The van der Waals surface area contributed by atoms with Crippen LogP contribution < -0.4 is 5.32 Å². The number of urea groups is 1. The number of anilines is 1. The number of nitrogens with one attached hydrogen (secondary N) is 1. The number of pyridine rings is 1. The van der Waals surface area contributed by atoms with Crippen LogP contribution in [0.2, 0.25) is 0 Å². The summed E-state index contributed by atoms with van der Waals surface area (Å²) in [5.41, 5.74) is 2.03. The molecule has 134 valence electrons. The number of benzene rings is 1. The number of aromatic nitrogens is 1. The van der Waals surface area contributed by atoms with E-state index in [0.717, 1.165) is 5.69 Å². The first-order valence-corrected chi connectivity index (χ1v) is 8.27. The predicted octanol–water partition coefficient (Wildman–Crippen LogP) is 3.75. The lowest BCUT2D eigenvalue weighted by Gasteiger charge is -2.27. The number of hydrogen-bond donors (Lipinski definition) is 2. The van der Waals surface area contributed by atoms with Crippen molar-refractivity contribution in [2.45, 2.75) is 26.9 Å². The molecule has 1 aromatic heterocycles. The smallest absolute Gasteiger partial charge is 0.321 e. The van der Waals surface area contributed by atoms with Crippen molar-refractivity contribution in [2.75, 3.05) is 18.4 Å². The van der Waals surface area contributed by atoms with Gasteiger partial charge in [0.05, 0.1) is 12.6 Å². The average molecular weight is 345 g/mol. The highest BCUT2D eigenvalue weighted by molar-refractivity contribution is 5.89. The van der Waals surface area contributed by atoms with Gasteiger partial charge < -0.3 is 15.3 Å². The molecule has 25 heavy (non-hydrogen) atoms. The van der Waals surface area contributed by atoms with Gasteiger partial charge in [0.1, 0.15) is 5.82 Å². The molecule has 0 saturated heterocycles. The molecule has 0 aliphatic heterocycles. The van der Waals surface area contributed by atoms with E-state index in [0.29, 0.717) is 17.8 Å². The first kappa shape index (κ1) is 18.9. The van der Waals surface area contributed by atoms with Gasteiger partial charge in [-0.2, -0.15) is 0 Å². The zero-order chi connectivity index (χ0) is 18.4. The van der Waals surface area contributed by atoms with Crippen molar-refractivity contribution >= 4 is 11.7 Å². The fourth-order valence-corrected chi connectivity index (χ4v) is 2.51. The number of aliphatic hydroxyl groups is 1. The number of carbonyl (C=O) groups is 1. The van der Waals surface area contributed by atoms with Crippen molar-refractivity contribution in [3.8, 4) is 0 Å². The Kier molecular flexibility index (Phi) is 6.47. The molecule has 2 N–H and O–H groups in total. The third kappa shape index (κ3) is 5.83. The van der Waals surface area contributed by atoms with Gasteiger partial charge in [0, 0.05) is 24.1 Å². The van der Waals surface area contributed by atoms with Gasteiger partial charge in [0.15, 0.2) is 0 Å². The van der Waals surface area contributed by atoms with Crippen LogP contribution in [0.1, 0.15) is 31.2 Å². The summed E-state index contributed by atoms with van der Waals surface area (Å²) < 4.78 is 13.0. The molecular formula is C19H24FN3O2. The van der Waals surface area contributed by atoms with Crippen LogP contribution in [0.3, 0.4) is 0 Å². The topological polar surface area (TPSA) is 65.5 Å². The molecule has 6 heteroatoms. The lowest BCUT2D eigenvalue weighted by molar-refractivity contribution is 0.121. The van der Waals surface area contributed by atoms with Crippen LogP contribution in [0.5, 0.6) is 0 Å². The summed E-state index contributed by atoms with van der Waals surface area (Å²) >= 11 is 0. The molecule has 0 aliphatic carbocycles. The maximum absolute atomic E-state index is 13.0. The normalized spacial score (nSPS) is 12.1. The summed E-state index contributed by atoms with van der Waals surface area (Å²) in [6.07, 6.45) is 0.745. The number of halogens is 1. The minimum Gasteiger partial charge on any atom is -0.387 e. The van der Waals surface area contributed by atoms with E-state index in [9.17, 15) is 14.3 Å². The number of carbonyl (C=O) groups excluding carboxylic acids is 1. The van der Waals surface area contributed by atoms with Crippen molar-refractivity contribution in [2.24, 2.45) is 5.92 Å². The maximum atomic E-state index is 13.0. The van der Waals surface area contributed by atoms with Crippen LogP contribution in [0, 0.1) is 18.7 Å². The zero-order valence-electron chi connectivity index (χ0n) is 14.7. The Morgan fingerprint density at radius 2 is 1.92 bits per heavy atom. The molecular weight excluding hydrogens is 321 g/mol. The van der Waals surface area contributed by atoms with Gasteiger partial charge >= 0.3 is 6.03 Å². The van der Waals surface area contributed by atoms with Crippen LogP contribution in [0.25, 0.3) is 0 Å². The molecule has 1 atom stereocenters. The molecule has 0 aliphatic rings. The van der Waals surface area contributed by atoms with E-state index in [1.807, 2.05) is 20.8 Å². The molecule has 0 radical (unpaired) electrons. The van der Waals surface area contributed by atoms with Crippen molar-refractivity contribution in [3.63, 3.8) is 0 Å². The summed E-state index contributed by atoms with van der Waals surface area (Å²) in [5, 5.41) is 13.2. The largest absolute Gasteiger partial charge is 0.387 e. The number of aryl methyl sites for hydroxylation is 1. The molecule has 2 aromatic rings. The lowest BCUT2D eigenvalue weighted by Crippen LogP contribution is -2.40. The second kappa shape index (κ2) is 8.58. The van der Waals surface area contributed by atoms with Gasteiger partial charge in [-0.15, -0.1) is 0 Å². The average Bonchev–Trinajstić information content (AvgIpc) is 2.54. The summed E-state index contributed by atoms with van der Waals surface area (Å²) in [6.45, 7) is 6.47. The van der Waals surface area contributed by atoms with Crippen molar-refractivity contribution in [3.05, 3.63) is 59.7 Å². The minimum absolute atomic E-state index is 0.125. The SMILES string of the molecule is Cc1cc(NC(=O)N(CC(C)C)CC(O)c2ccc(F)cc2)ccn1. The maximum Gasteiger partial charge on any atom is 0.321 e. The Hall–Kier alpha value is -2.47. The van der Waals surface area contributed by atoms with Crippen LogP contribution in [0.4, 0.5) is 14.9 Å². The highest BCUT2D eigenvalue weighted by Crippen LogP contribution is 2.17. The van der Waals surface area contributed by atoms with E-state index >= 15 is 0 Å². The lowest BCUT2D eigenvalue weighted by atomic mass is 10.1. The quantitative estimate of drug-likeness (QED) is 0.838. The second-order valence-corrected chi connectivity index (χ2v) is 6.48. The first-order valence-electron chi connectivity index (χ1n) is 8.27. The van der Waals surface area contributed by atoms with E-state index in [2.05, 4.69) is 10.3 Å². The van der Waals surface area contributed by atoms with E-state index in [4.69, 9.17) is 0 Å². The summed E-state index contributed by atoms with van der Waals surface area (Å²) in [6, 6.07) is 8.85. The molecule has 0 bridgehead atoms. The third-order valence-corrected chi connectivity index (χ3v) is 3.67. The Bertz CT molecular complexity index is 704. The highest BCUT2D eigenvalue weighted by Gasteiger charge is 2.20. The molecule has 1 heterocycles. The van der Waals surface area contributed by atoms with Crippen LogP contribution in [-0.2, 0) is 0 Å². The van der Waals surface area contributed by atoms with Crippen LogP contribution >= 0.6 is 0 Å². The molecule has 1 aromatic carbocycles. The van der Waals surface area contributed by atoms with Gasteiger partial charge in [-0.1, -0.05) is 26.0 Å². The Morgan fingerprint density at radius 3 is 2.52 bits per heavy atom. The van der Waals surface area contributed by atoms with Crippen molar-refractivity contribution < 1.29 is 14.3 Å². The molecule has 1 unspecified atom stereocenters. The standard InChI is InChI=1S/C19H24FN3O2/c1-13(2)11-23(12-18(24)15-4-6-16(20)7-5-15)19(25)22-17-8-9-21-14(3)10-17/h4-10,13,18,24H,11-12H2,1-3H3,(H,21,22,25). The Morgan fingerprint density at radius 1 is 1.24 bits per heavy atom. The molecule has 0 spiro atoms. The van der Waals surface area contributed by atoms with E-state index < -0.39 is 6.10 Å². The van der Waals surface area contributed by atoms with Gasteiger partial charge in [0.25, 0.3) is 0 Å². The van der Waals surface area contributed by atoms with Gasteiger partial charge in [-0.05, 0) is 42.7 Å². The minimum atomic E-state index is -0.885. The molecule has 5 nitrogen and oxygen atoms in total. The Labute approximate surface area is 147 Å². The van der Waals surface area contributed by atoms with Gasteiger partial charge in [0.2, 0.25) is 0 Å². The number of aliphatic hydroxyl groups excluding tert-OH is 1. The first-order chi connectivity index (χ1) is 11.8. The van der Waals surface area contributed by atoms with E-state index in [-0.39, 0.29) is 24.3 Å². The van der Waals surface area contributed by atoms with Gasteiger partial charge in [-0.3, -0.25) is 4.98 Å². The highest BCUT2D eigenvalue weighted by atomic mass is 19.1. The fraction of sp³-hybridized carbons (Fsp3) is 0.368. The third-order valence-electron chi connectivity index (χ3n) is 3.67. The monoisotopic (exact) mass is 345 g/mol. The number of hydrogen-bond acceptors (Lipinski definition) is 3.